The molecule has 1 saturated heterocycles. The maximum absolute atomic E-state index is 13.2. The van der Waals surface area contributed by atoms with E-state index in [2.05, 4.69) is 16.1 Å². The highest BCUT2D eigenvalue weighted by molar-refractivity contribution is 5.79. The first-order valence-electron chi connectivity index (χ1n) is 7.92. The number of nitrogens with zero attached hydrogens (tertiary/aromatic N) is 1. The molecule has 0 spiro atoms. The topological polar surface area (TPSA) is 32.3 Å². The number of benzene rings is 1. The predicted octanol–water partition coefficient (Wildman–Crippen LogP) is 2.27. The molecule has 0 saturated carbocycles. The van der Waals surface area contributed by atoms with Crippen molar-refractivity contribution in [1.82, 2.24) is 10.2 Å². The monoisotopic (exact) mass is 300 g/mol. The van der Waals surface area contributed by atoms with Crippen LogP contribution in [0.25, 0.3) is 0 Å². The Morgan fingerprint density at radius 1 is 1.36 bits per heavy atom. The molecule has 1 N–H and O–H groups in total. The fourth-order valence-corrected chi connectivity index (χ4v) is 3.51. The summed E-state index contributed by atoms with van der Waals surface area (Å²) in [5.74, 6) is 2.64. The number of halogens is 1. The molecule has 0 aromatic heterocycles. The number of rotatable bonds is 3. The smallest absolute Gasteiger partial charge is 0.223 e. The van der Waals surface area contributed by atoms with Crippen LogP contribution in [0.4, 0.5) is 4.39 Å². The molecule has 3 nitrogen and oxygen atoms in total. The number of piperidine rings is 1. The van der Waals surface area contributed by atoms with E-state index in [0.717, 1.165) is 49.9 Å². The number of carbonyl (C=O) groups excluding carboxylic acids is 1. The molecule has 1 aromatic rings. The second-order valence-electron chi connectivity index (χ2n) is 6.20. The molecule has 1 atom stereocenters. The zero-order chi connectivity index (χ0) is 15.5. The van der Waals surface area contributed by atoms with E-state index in [1.54, 1.807) is 12.1 Å². The summed E-state index contributed by atoms with van der Waals surface area (Å²) in [4.78, 5) is 14.7. The lowest BCUT2D eigenvalue weighted by Gasteiger charge is -2.30. The maximum atomic E-state index is 13.2. The van der Waals surface area contributed by atoms with Gasteiger partial charge in [-0.05, 0) is 62.0 Å². The van der Waals surface area contributed by atoms with Crippen LogP contribution in [0.2, 0.25) is 0 Å². The van der Waals surface area contributed by atoms with Crippen molar-refractivity contribution in [3.63, 3.8) is 0 Å². The molecular formula is C18H21FN2O. The van der Waals surface area contributed by atoms with Gasteiger partial charge in [0, 0.05) is 5.92 Å². The minimum absolute atomic E-state index is 0.0341. The fraction of sp³-hybridized carbons (Fsp3) is 0.500. The van der Waals surface area contributed by atoms with Crippen LogP contribution >= 0.6 is 0 Å². The normalized spacial score (nSPS) is 22.1. The molecule has 4 heteroatoms. The second-order valence-corrected chi connectivity index (χ2v) is 6.20. The zero-order valence-corrected chi connectivity index (χ0v) is 12.6. The van der Waals surface area contributed by atoms with Crippen LogP contribution in [0.1, 0.15) is 36.4 Å². The van der Waals surface area contributed by atoms with E-state index >= 15 is 0 Å². The zero-order valence-electron chi connectivity index (χ0n) is 12.6. The number of nitrogens with one attached hydrogen (secondary N) is 1. The molecule has 1 fully saturated rings. The first-order valence-corrected chi connectivity index (χ1v) is 7.92. The first-order chi connectivity index (χ1) is 10.7. The predicted molar refractivity (Wildman–Crippen MR) is 83.6 cm³/mol. The average molecular weight is 300 g/mol. The Labute approximate surface area is 130 Å². The molecular weight excluding hydrogens is 279 g/mol. The molecule has 3 rings (SSSR count). The summed E-state index contributed by atoms with van der Waals surface area (Å²) in [6, 6.07) is 4.89. The number of amides is 1. The molecule has 22 heavy (non-hydrogen) atoms. The van der Waals surface area contributed by atoms with Crippen LogP contribution in [0.15, 0.2) is 18.2 Å². The Morgan fingerprint density at radius 2 is 2.14 bits per heavy atom. The lowest BCUT2D eigenvalue weighted by molar-refractivity contribution is -0.127. The van der Waals surface area contributed by atoms with E-state index in [-0.39, 0.29) is 23.7 Å². The Hall–Kier alpha value is -1.86. The average Bonchev–Trinajstić information content (AvgIpc) is 2.90. The Bertz CT molecular complexity index is 600. The van der Waals surface area contributed by atoms with Crippen LogP contribution in [0.5, 0.6) is 0 Å². The van der Waals surface area contributed by atoms with Crippen LogP contribution in [0, 0.1) is 24.1 Å². The van der Waals surface area contributed by atoms with Crippen LogP contribution in [0.3, 0.4) is 0 Å². The summed E-state index contributed by atoms with van der Waals surface area (Å²) >= 11 is 0. The lowest BCUT2D eigenvalue weighted by atomic mass is 9.95. The summed E-state index contributed by atoms with van der Waals surface area (Å²) in [5, 5.41) is 3.15. The highest BCUT2D eigenvalue weighted by atomic mass is 19.1. The van der Waals surface area contributed by atoms with Crippen molar-refractivity contribution in [1.29, 1.82) is 0 Å². The van der Waals surface area contributed by atoms with Gasteiger partial charge in [0.15, 0.2) is 0 Å². The third kappa shape index (κ3) is 3.15. The van der Waals surface area contributed by atoms with E-state index < -0.39 is 0 Å². The number of likely N-dealkylation sites (tertiary alicyclic amines) is 1. The summed E-state index contributed by atoms with van der Waals surface area (Å²) < 4.78 is 13.2. The Kier molecular flexibility index (Phi) is 4.44. The molecule has 1 amide bonds. The fourth-order valence-electron chi connectivity index (χ4n) is 3.51. The van der Waals surface area contributed by atoms with E-state index in [4.69, 9.17) is 6.42 Å². The van der Waals surface area contributed by atoms with Crippen molar-refractivity contribution in [3.8, 4) is 12.3 Å². The number of hydrogen-bond donors (Lipinski definition) is 1. The third-order valence-electron chi connectivity index (χ3n) is 4.77. The molecule has 116 valence electrons. The second kappa shape index (κ2) is 6.50. The lowest BCUT2D eigenvalue weighted by Crippen LogP contribution is -2.41. The van der Waals surface area contributed by atoms with Crippen molar-refractivity contribution in [2.45, 2.75) is 31.7 Å². The minimum Gasteiger partial charge on any atom is -0.349 e. The quantitative estimate of drug-likeness (QED) is 0.869. The van der Waals surface area contributed by atoms with Gasteiger partial charge in [0.2, 0.25) is 5.91 Å². The van der Waals surface area contributed by atoms with E-state index in [1.165, 1.54) is 6.07 Å². The largest absolute Gasteiger partial charge is 0.349 e. The van der Waals surface area contributed by atoms with Gasteiger partial charge in [-0.1, -0.05) is 12.0 Å². The van der Waals surface area contributed by atoms with Crippen molar-refractivity contribution in [2.75, 3.05) is 19.6 Å². The molecule has 2 aliphatic rings. The van der Waals surface area contributed by atoms with Crippen molar-refractivity contribution < 1.29 is 9.18 Å². The van der Waals surface area contributed by atoms with E-state index in [9.17, 15) is 9.18 Å². The highest BCUT2D eigenvalue weighted by Gasteiger charge is 2.29. The molecule has 1 unspecified atom stereocenters. The summed E-state index contributed by atoms with van der Waals surface area (Å²) in [5.41, 5.74) is 2.09. The summed E-state index contributed by atoms with van der Waals surface area (Å²) in [6.07, 6.45) is 8.73. The van der Waals surface area contributed by atoms with Gasteiger partial charge in [-0.25, -0.2) is 4.39 Å². The molecule has 1 heterocycles. The summed E-state index contributed by atoms with van der Waals surface area (Å²) in [7, 11) is 0. The molecule has 1 aromatic carbocycles. The van der Waals surface area contributed by atoms with Crippen LogP contribution in [-0.4, -0.2) is 30.4 Å². The van der Waals surface area contributed by atoms with Crippen molar-refractivity contribution in [3.05, 3.63) is 35.1 Å². The number of fused-ring (bicyclic) bond motifs is 1. The SMILES string of the molecule is C#CCN1CCC(C(=O)NC2CCc3cc(F)ccc32)CC1. The van der Waals surface area contributed by atoms with Crippen molar-refractivity contribution in [2.24, 2.45) is 5.92 Å². The van der Waals surface area contributed by atoms with Gasteiger partial charge < -0.3 is 5.32 Å². The molecule has 0 radical (unpaired) electrons. The molecule has 1 aliphatic heterocycles. The number of carbonyl (C=O) groups is 1. The van der Waals surface area contributed by atoms with E-state index in [0.29, 0.717) is 6.54 Å². The van der Waals surface area contributed by atoms with Gasteiger partial charge in [0.05, 0.1) is 12.6 Å². The van der Waals surface area contributed by atoms with Gasteiger partial charge in [-0.2, -0.15) is 0 Å². The maximum Gasteiger partial charge on any atom is 0.223 e. The van der Waals surface area contributed by atoms with Gasteiger partial charge >= 0.3 is 0 Å². The van der Waals surface area contributed by atoms with Crippen molar-refractivity contribution >= 4 is 5.91 Å². The van der Waals surface area contributed by atoms with Gasteiger partial charge in [0.1, 0.15) is 5.82 Å². The summed E-state index contributed by atoms with van der Waals surface area (Å²) in [6.45, 7) is 2.43. The first kappa shape index (κ1) is 15.1. The molecule has 1 aliphatic carbocycles. The number of terminal acetylenes is 1. The highest BCUT2D eigenvalue weighted by Crippen LogP contribution is 2.32. The Morgan fingerprint density at radius 3 is 2.86 bits per heavy atom. The number of aryl methyl sites for hydroxylation is 1. The van der Waals surface area contributed by atoms with Gasteiger partial charge in [0.25, 0.3) is 0 Å². The van der Waals surface area contributed by atoms with Crippen LogP contribution in [-0.2, 0) is 11.2 Å². The number of hydrogen-bond acceptors (Lipinski definition) is 2. The Balaban J connectivity index is 1.57. The van der Waals surface area contributed by atoms with Gasteiger partial charge in [-0.3, -0.25) is 9.69 Å². The van der Waals surface area contributed by atoms with Gasteiger partial charge in [-0.15, -0.1) is 6.42 Å². The minimum atomic E-state index is -0.202. The standard InChI is InChI=1S/C18H21FN2O/c1-2-9-21-10-7-13(8-11-21)18(22)20-17-6-3-14-12-15(19)4-5-16(14)17/h1,4-5,12-13,17H,3,6-11H2,(H,20,22). The van der Waals surface area contributed by atoms with Crippen LogP contribution < -0.4 is 5.32 Å². The van der Waals surface area contributed by atoms with E-state index in [1.807, 2.05) is 0 Å². The third-order valence-corrected chi connectivity index (χ3v) is 4.77. The molecule has 0 bridgehead atoms.